The average Bonchev–Trinajstić information content (AvgIpc) is 3.05. The Kier molecular flexibility index (Phi) is 8.14. The smallest absolute Gasteiger partial charge is 0.239 e. The first-order chi connectivity index (χ1) is 12.5. The second-order valence-electron chi connectivity index (χ2n) is 5.16. The molecule has 10 heteroatoms. The van der Waals surface area contributed by atoms with Gasteiger partial charge in [0.15, 0.2) is 4.34 Å². The molecule has 0 aliphatic heterocycles. The zero-order chi connectivity index (χ0) is 18.9. The van der Waals surface area contributed by atoms with Gasteiger partial charge >= 0.3 is 0 Å². The molecule has 0 saturated heterocycles. The predicted molar refractivity (Wildman–Crippen MR) is 106 cm³/mol. The number of nitrogens with one attached hydrogen (secondary N) is 2. The molecular formula is C16H20ClN5O2S2. The molecule has 0 spiro atoms. The average molecular weight is 414 g/mol. The number of carbonyl (C=O) groups is 2. The largest absolute Gasteiger partial charge is 0.355 e. The summed E-state index contributed by atoms with van der Waals surface area (Å²) in [5, 5.41) is 15.2. The van der Waals surface area contributed by atoms with Gasteiger partial charge in [-0.15, -0.1) is 10.2 Å². The van der Waals surface area contributed by atoms with E-state index in [-0.39, 0.29) is 24.1 Å². The third-order valence-electron chi connectivity index (χ3n) is 3.24. The number of benzene rings is 1. The topological polar surface area (TPSA) is 87.2 Å². The quantitative estimate of drug-likeness (QED) is 0.614. The SMILES string of the molecule is CCNC(=O)CN(CC)C(=O)CSc1nnc(Nc2cccc(Cl)c2)s1. The second-order valence-corrected chi connectivity index (χ2v) is 7.79. The van der Waals surface area contributed by atoms with Crippen LogP contribution in [0.15, 0.2) is 28.6 Å². The molecule has 2 aromatic rings. The van der Waals surface area contributed by atoms with Crippen molar-refractivity contribution in [3.63, 3.8) is 0 Å². The van der Waals surface area contributed by atoms with E-state index in [0.29, 0.717) is 27.6 Å². The normalized spacial score (nSPS) is 10.4. The molecule has 0 aliphatic carbocycles. The Bertz CT molecular complexity index is 756. The molecule has 0 unspecified atom stereocenters. The van der Waals surface area contributed by atoms with Crippen LogP contribution in [0, 0.1) is 0 Å². The fraction of sp³-hybridized carbons (Fsp3) is 0.375. The number of aromatic nitrogens is 2. The molecule has 0 aliphatic rings. The number of amides is 2. The number of carbonyl (C=O) groups excluding carboxylic acids is 2. The summed E-state index contributed by atoms with van der Waals surface area (Å²) in [6, 6.07) is 7.30. The lowest BCUT2D eigenvalue weighted by Gasteiger charge is -2.19. The van der Waals surface area contributed by atoms with Gasteiger partial charge in [0, 0.05) is 23.8 Å². The Morgan fingerprint density at radius 2 is 2.12 bits per heavy atom. The number of hydrogen-bond donors (Lipinski definition) is 2. The van der Waals surface area contributed by atoms with Gasteiger partial charge in [-0.1, -0.05) is 40.8 Å². The number of likely N-dealkylation sites (N-methyl/N-ethyl adjacent to an activating group) is 2. The number of hydrogen-bond acceptors (Lipinski definition) is 7. The maximum atomic E-state index is 12.3. The van der Waals surface area contributed by atoms with E-state index in [1.165, 1.54) is 28.0 Å². The molecule has 0 fully saturated rings. The van der Waals surface area contributed by atoms with Crippen LogP contribution in [-0.4, -0.2) is 52.3 Å². The molecule has 1 aromatic carbocycles. The first kappa shape index (κ1) is 20.5. The molecular weight excluding hydrogens is 394 g/mol. The first-order valence-electron chi connectivity index (χ1n) is 8.05. The van der Waals surface area contributed by atoms with Gasteiger partial charge in [-0.05, 0) is 32.0 Å². The van der Waals surface area contributed by atoms with Crippen LogP contribution in [0.25, 0.3) is 0 Å². The van der Waals surface area contributed by atoms with Crippen molar-refractivity contribution in [3.05, 3.63) is 29.3 Å². The summed E-state index contributed by atoms with van der Waals surface area (Å²) in [7, 11) is 0. The van der Waals surface area contributed by atoms with Crippen molar-refractivity contribution in [1.29, 1.82) is 0 Å². The Morgan fingerprint density at radius 1 is 1.31 bits per heavy atom. The highest BCUT2D eigenvalue weighted by atomic mass is 35.5. The van der Waals surface area contributed by atoms with Gasteiger partial charge in [0.25, 0.3) is 0 Å². The number of rotatable bonds is 9. The highest BCUT2D eigenvalue weighted by molar-refractivity contribution is 8.01. The lowest BCUT2D eigenvalue weighted by molar-refractivity contribution is -0.133. The fourth-order valence-electron chi connectivity index (χ4n) is 2.03. The molecule has 0 radical (unpaired) electrons. The molecule has 1 aromatic heterocycles. The van der Waals surface area contributed by atoms with Crippen molar-refractivity contribution >= 4 is 57.3 Å². The number of thioether (sulfide) groups is 1. The summed E-state index contributed by atoms with van der Waals surface area (Å²) < 4.78 is 0.678. The van der Waals surface area contributed by atoms with Gasteiger partial charge in [-0.25, -0.2) is 0 Å². The van der Waals surface area contributed by atoms with Crippen molar-refractivity contribution in [1.82, 2.24) is 20.4 Å². The van der Waals surface area contributed by atoms with Gasteiger partial charge in [0.2, 0.25) is 16.9 Å². The molecule has 2 rings (SSSR count). The highest BCUT2D eigenvalue weighted by Gasteiger charge is 2.16. The van der Waals surface area contributed by atoms with Gasteiger partial charge in [0.05, 0.1) is 12.3 Å². The highest BCUT2D eigenvalue weighted by Crippen LogP contribution is 2.28. The summed E-state index contributed by atoms with van der Waals surface area (Å²) in [4.78, 5) is 25.4. The minimum Gasteiger partial charge on any atom is -0.355 e. The summed E-state index contributed by atoms with van der Waals surface area (Å²) in [6.45, 7) is 4.79. The van der Waals surface area contributed by atoms with Crippen LogP contribution in [0.3, 0.4) is 0 Å². The maximum absolute atomic E-state index is 12.3. The van der Waals surface area contributed by atoms with Crippen molar-refractivity contribution in [2.45, 2.75) is 18.2 Å². The van der Waals surface area contributed by atoms with E-state index in [1.807, 2.05) is 26.0 Å². The van der Waals surface area contributed by atoms with E-state index in [2.05, 4.69) is 20.8 Å². The van der Waals surface area contributed by atoms with E-state index in [4.69, 9.17) is 11.6 Å². The summed E-state index contributed by atoms with van der Waals surface area (Å²) >= 11 is 8.61. The van der Waals surface area contributed by atoms with Gasteiger partial charge in [-0.2, -0.15) is 0 Å². The van der Waals surface area contributed by atoms with Crippen LogP contribution in [-0.2, 0) is 9.59 Å². The third-order valence-corrected chi connectivity index (χ3v) is 5.44. The molecule has 1 heterocycles. The zero-order valence-corrected chi connectivity index (χ0v) is 16.9. The van der Waals surface area contributed by atoms with Gasteiger partial charge in [-0.3, -0.25) is 9.59 Å². The van der Waals surface area contributed by atoms with Crippen LogP contribution in [0.5, 0.6) is 0 Å². The van der Waals surface area contributed by atoms with Crippen molar-refractivity contribution in [2.24, 2.45) is 0 Å². The lowest BCUT2D eigenvalue weighted by Crippen LogP contribution is -2.41. The van der Waals surface area contributed by atoms with E-state index >= 15 is 0 Å². The second kappa shape index (κ2) is 10.3. The van der Waals surface area contributed by atoms with Crippen molar-refractivity contribution in [3.8, 4) is 0 Å². The fourth-order valence-corrected chi connectivity index (χ4v) is 3.89. The number of halogens is 1. The Hall–Kier alpha value is -1.84. The minimum atomic E-state index is -0.156. The molecule has 0 saturated carbocycles. The standard InChI is InChI=1S/C16H20ClN5O2S2/c1-3-18-13(23)9-22(4-2)14(24)10-25-16-21-20-15(26-16)19-12-7-5-6-11(17)8-12/h5-8H,3-4,9-10H2,1-2H3,(H,18,23)(H,19,20). The van der Waals surface area contributed by atoms with Crippen molar-refractivity contribution in [2.75, 3.05) is 30.7 Å². The lowest BCUT2D eigenvalue weighted by atomic mass is 10.3. The Balaban J connectivity index is 1.86. The molecule has 0 atom stereocenters. The van der Waals surface area contributed by atoms with Crippen molar-refractivity contribution < 1.29 is 9.59 Å². The number of nitrogens with zero attached hydrogens (tertiary/aromatic N) is 3. The van der Waals surface area contributed by atoms with Gasteiger partial charge in [0.1, 0.15) is 0 Å². The van der Waals surface area contributed by atoms with Crippen LogP contribution < -0.4 is 10.6 Å². The maximum Gasteiger partial charge on any atom is 0.239 e. The molecule has 140 valence electrons. The molecule has 2 N–H and O–H groups in total. The van der Waals surface area contributed by atoms with E-state index in [0.717, 1.165) is 5.69 Å². The third kappa shape index (κ3) is 6.47. The molecule has 2 amide bonds. The number of anilines is 2. The van der Waals surface area contributed by atoms with Gasteiger partial charge < -0.3 is 15.5 Å². The first-order valence-corrected chi connectivity index (χ1v) is 10.2. The Morgan fingerprint density at radius 3 is 2.81 bits per heavy atom. The monoisotopic (exact) mass is 413 g/mol. The van der Waals surface area contributed by atoms with E-state index in [1.54, 1.807) is 12.1 Å². The van der Waals surface area contributed by atoms with Crippen LogP contribution in [0.2, 0.25) is 5.02 Å². The predicted octanol–water partition coefficient (Wildman–Crippen LogP) is 3.01. The molecule has 26 heavy (non-hydrogen) atoms. The zero-order valence-electron chi connectivity index (χ0n) is 14.5. The van der Waals surface area contributed by atoms with Crippen LogP contribution >= 0.6 is 34.7 Å². The molecule has 0 bridgehead atoms. The van der Waals surface area contributed by atoms with Crippen LogP contribution in [0.1, 0.15) is 13.8 Å². The summed E-state index contributed by atoms with van der Waals surface area (Å²) in [5.74, 6) is -0.0566. The Labute approximate surface area is 165 Å². The van der Waals surface area contributed by atoms with E-state index in [9.17, 15) is 9.59 Å². The summed E-state index contributed by atoms with van der Waals surface area (Å²) in [6.07, 6.45) is 0. The molecule has 7 nitrogen and oxygen atoms in total. The summed E-state index contributed by atoms with van der Waals surface area (Å²) in [5.41, 5.74) is 0.820. The minimum absolute atomic E-state index is 0.0709. The van der Waals surface area contributed by atoms with Crippen LogP contribution in [0.4, 0.5) is 10.8 Å². The van der Waals surface area contributed by atoms with E-state index < -0.39 is 0 Å².